The summed E-state index contributed by atoms with van der Waals surface area (Å²) in [4.78, 5) is 26.1. The van der Waals surface area contributed by atoms with E-state index in [1.807, 2.05) is 18.7 Å². The number of rotatable bonds is 4. The Kier molecular flexibility index (Phi) is 6.02. The summed E-state index contributed by atoms with van der Waals surface area (Å²) in [6, 6.07) is 6.88. The molecule has 0 radical (unpaired) electrons. The van der Waals surface area contributed by atoms with E-state index in [0.29, 0.717) is 29.6 Å². The highest BCUT2D eigenvalue weighted by molar-refractivity contribution is 5.95. The number of hydrogen-bond acceptors (Lipinski definition) is 2. The van der Waals surface area contributed by atoms with Crippen LogP contribution in [0.2, 0.25) is 0 Å². The molecule has 2 rings (SSSR count). The Morgan fingerprint density at radius 3 is 2.35 bits per heavy atom. The number of nitrogens with one attached hydrogen (secondary N) is 2. The van der Waals surface area contributed by atoms with Crippen LogP contribution in [0.25, 0.3) is 0 Å². The van der Waals surface area contributed by atoms with Crippen molar-refractivity contribution in [2.45, 2.75) is 33.6 Å². The fourth-order valence-electron chi connectivity index (χ4n) is 2.56. The molecule has 23 heavy (non-hydrogen) atoms. The molecule has 126 valence electrons. The number of amides is 3. The van der Waals surface area contributed by atoms with E-state index in [0.717, 1.165) is 25.9 Å². The van der Waals surface area contributed by atoms with Crippen molar-refractivity contribution >= 4 is 17.6 Å². The molecule has 1 aliphatic rings. The van der Waals surface area contributed by atoms with Gasteiger partial charge in [0.05, 0.1) is 0 Å². The second-order valence-corrected chi connectivity index (χ2v) is 6.78. The summed E-state index contributed by atoms with van der Waals surface area (Å²) < 4.78 is 0. The Morgan fingerprint density at radius 2 is 1.78 bits per heavy atom. The number of carbonyl (C=O) groups is 2. The molecule has 3 amide bonds. The largest absolute Gasteiger partial charge is 0.339 e. The van der Waals surface area contributed by atoms with Gasteiger partial charge in [0.2, 0.25) is 0 Å². The Morgan fingerprint density at radius 1 is 1.17 bits per heavy atom. The number of likely N-dealkylation sites (tertiary alicyclic amines) is 1. The molecule has 0 unspecified atom stereocenters. The second-order valence-electron chi connectivity index (χ2n) is 6.78. The van der Waals surface area contributed by atoms with Crippen LogP contribution in [0.4, 0.5) is 10.5 Å². The minimum atomic E-state index is -0.220. The molecule has 2 N–H and O–H groups in total. The van der Waals surface area contributed by atoms with E-state index in [-0.39, 0.29) is 11.9 Å². The summed E-state index contributed by atoms with van der Waals surface area (Å²) in [6.45, 7) is 8.61. The summed E-state index contributed by atoms with van der Waals surface area (Å²) in [5, 5.41) is 5.57. The third-order valence-corrected chi connectivity index (χ3v) is 4.13. The third kappa shape index (κ3) is 5.27. The molecule has 1 heterocycles. The Balaban J connectivity index is 1.88. The van der Waals surface area contributed by atoms with Crippen molar-refractivity contribution in [2.75, 3.05) is 25.0 Å². The van der Waals surface area contributed by atoms with Gasteiger partial charge in [0.25, 0.3) is 5.91 Å². The standard InChI is InChI=1S/C18H27N3O2/c1-13(2)12-19-18(23)20-16-6-4-15(5-7-16)17(22)21-10-8-14(3)9-11-21/h4-7,13-14H,8-12H2,1-3H3,(H2,19,20,23). The molecular weight excluding hydrogens is 290 g/mol. The first kappa shape index (κ1) is 17.3. The number of carbonyl (C=O) groups excluding carboxylic acids is 2. The topological polar surface area (TPSA) is 61.4 Å². The molecule has 0 spiro atoms. The van der Waals surface area contributed by atoms with E-state index >= 15 is 0 Å². The molecule has 1 fully saturated rings. The molecule has 0 aromatic heterocycles. The van der Waals surface area contributed by atoms with Gasteiger partial charge in [-0.15, -0.1) is 0 Å². The van der Waals surface area contributed by atoms with Crippen molar-refractivity contribution in [1.29, 1.82) is 0 Å². The number of benzene rings is 1. The van der Waals surface area contributed by atoms with Crippen molar-refractivity contribution < 1.29 is 9.59 Å². The lowest BCUT2D eigenvalue weighted by atomic mass is 9.98. The predicted octanol–water partition coefficient (Wildman–Crippen LogP) is 3.34. The lowest BCUT2D eigenvalue weighted by Crippen LogP contribution is -2.37. The molecule has 1 aromatic rings. The molecule has 1 aliphatic heterocycles. The quantitative estimate of drug-likeness (QED) is 0.894. The molecule has 1 saturated heterocycles. The smallest absolute Gasteiger partial charge is 0.319 e. The lowest BCUT2D eigenvalue weighted by Gasteiger charge is -2.30. The average Bonchev–Trinajstić information content (AvgIpc) is 2.54. The average molecular weight is 317 g/mol. The van der Waals surface area contributed by atoms with Gasteiger partial charge in [-0.3, -0.25) is 4.79 Å². The number of urea groups is 1. The minimum absolute atomic E-state index is 0.0766. The number of piperidine rings is 1. The van der Waals surface area contributed by atoms with Crippen LogP contribution in [-0.4, -0.2) is 36.5 Å². The molecule has 0 bridgehead atoms. The van der Waals surface area contributed by atoms with E-state index in [1.165, 1.54) is 0 Å². The fourth-order valence-corrected chi connectivity index (χ4v) is 2.56. The second kappa shape index (κ2) is 7.99. The van der Waals surface area contributed by atoms with Crippen molar-refractivity contribution in [3.05, 3.63) is 29.8 Å². The van der Waals surface area contributed by atoms with Gasteiger partial charge in [0.15, 0.2) is 0 Å². The minimum Gasteiger partial charge on any atom is -0.339 e. The highest BCUT2D eigenvalue weighted by atomic mass is 16.2. The zero-order valence-corrected chi connectivity index (χ0v) is 14.3. The molecule has 1 aromatic carbocycles. The maximum atomic E-state index is 12.4. The van der Waals surface area contributed by atoms with Crippen LogP contribution < -0.4 is 10.6 Å². The Hall–Kier alpha value is -2.04. The first-order chi connectivity index (χ1) is 11.0. The van der Waals surface area contributed by atoms with Gasteiger partial charge in [-0.1, -0.05) is 20.8 Å². The first-order valence-electron chi connectivity index (χ1n) is 8.40. The van der Waals surface area contributed by atoms with Gasteiger partial charge in [-0.05, 0) is 48.9 Å². The zero-order valence-electron chi connectivity index (χ0n) is 14.3. The van der Waals surface area contributed by atoms with Crippen molar-refractivity contribution in [1.82, 2.24) is 10.2 Å². The van der Waals surface area contributed by atoms with Crippen LogP contribution in [0.5, 0.6) is 0 Å². The lowest BCUT2D eigenvalue weighted by molar-refractivity contribution is 0.0697. The summed E-state index contributed by atoms with van der Waals surface area (Å²) in [5.41, 5.74) is 1.36. The van der Waals surface area contributed by atoms with Crippen molar-refractivity contribution in [3.8, 4) is 0 Å². The highest BCUT2D eigenvalue weighted by Crippen LogP contribution is 2.19. The van der Waals surface area contributed by atoms with Gasteiger partial charge in [-0.25, -0.2) is 4.79 Å². The third-order valence-electron chi connectivity index (χ3n) is 4.13. The summed E-state index contributed by atoms with van der Waals surface area (Å²) >= 11 is 0. The van der Waals surface area contributed by atoms with Gasteiger partial charge in [-0.2, -0.15) is 0 Å². The van der Waals surface area contributed by atoms with Crippen molar-refractivity contribution in [2.24, 2.45) is 11.8 Å². The van der Waals surface area contributed by atoms with Crippen LogP contribution in [-0.2, 0) is 0 Å². The normalized spacial score (nSPS) is 15.6. The van der Waals surface area contributed by atoms with E-state index in [9.17, 15) is 9.59 Å². The van der Waals surface area contributed by atoms with Crippen LogP contribution in [0, 0.1) is 11.8 Å². The summed E-state index contributed by atoms with van der Waals surface area (Å²) in [5.74, 6) is 1.19. The number of anilines is 1. The zero-order chi connectivity index (χ0) is 16.8. The Bertz CT molecular complexity index is 532. The maximum absolute atomic E-state index is 12.4. The van der Waals surface area contributed by atoms with E-state index < -0.39 is 0 Å². The molecule has 0 aliphatic carbocycles. The predicted molar refractivity (Wildman–Crippen MR) is 92.6 cm³/mol. The van der Waals surface area contributed by atoms with E-state index in [4.69, 9.17) is 0 Å². The molecule has 5 nitrogen and oxygen atoms in total. The van der Waals surface area contributed by atoms with Crippen molar-refractivity contribution in [3.63, 3.8) is 0 Å². The van der Waals surface area contributed by atoms with Crippen LogP contribution >= 0.6 is 0 Å². The number of nitrogens with zero attached hydrogens (tertiary/aromatic N) is 1. The van der Waals surface area contributed by atoms with Crippen LogP contribution in [0.1, 0.15) is 44.0 Å². The van der Waals surface area contributed by atoms with E-state index in [2.05, 4.69) is 17.6 Å². The highest BCUT2D eigenvalue weighted by Gasteiger charge is 2.21. The Labute approximate surface area is 138 Å². The van der Waals surface area contributed by atoms with E-state index in [1.54, 1.807) is 24.3 Å². The molecule has 0 saturated carbocycles. The SMILES string of the molecule is CC(C)CNC(=O)Nc1ccc(C(=O)N2CCC(C)CC2)cc1. The molecule has 5 heteroatoms. The van der Waals surface area contributed by atoms with Crippen LogP contribution in [0.3, 0.4) is 0 Å². The molecular formula is C18H27N3O2. The first-order valence-corrected chi connectivity index (χ1v) is 8.40. The fraction of sp³-hybridized carbons (Fsp3) is 0.556. The van der Waals surface area contributed by atoms with Gasteiger partial charge in [0.1, 0.15) is 0 Å². The van der Waals surface area contributed by atoms with Gasteiger partial charge < -0.3 is 15.5 Å². The number of hydrogen-bond donors (Lipinski definition) is 2. The summed E-state index contributed by atoms with van der Waals surface area (Å²) in [6.07, 6.45) is 2.14. The van der Waals surface area contributed by atoms with Crippen LogP contribution in [0.15, 0.2) is 24.3 Å². The van der Waals surface area contributed by atoms with Gasteiger partial charge >= 0.3 is 6.03 Å². The monoisotopic (exact) mass is 317 g/mol. The maximum Gasteiger partial charge on any atom is 0.319 e. The summed E-state index contributed by atoms with van der Waals surface area (Å²) in [7, 11) is 0. The van der Waals surface area contributed by atoms with Gasteiger partial charge in [0, 0.05) is 30.9 Å². The molecule has 0 atom stereocenters.